The highest BCUT2D eigenvalue weighted by atomic mass is 35.5. The van der Waals surface area contributed by atoms with Crippen LogP contribution in [0.15, 0.2) is 72.9 Å². The van der Waals surface area contributed by atoms with Crippen molar-refractivity contribution >= 4 is 34.2 Å². The predicted octanol–water partition coefficient (Wildman–Crippen LogP) is 5.23. The molecule has 0 aliphatic carbocycles. The zero-order valence-electron chi connectivity index (χ0n) is 15.5. The largest absolute Gasteiger partial charge is 0.484 e. The Morgan fingerprint density at radius 1 is 1.00 bits per heavy atom. The molecule has 4 aromatic rings. The number of hydrogen-bond donors (Lipinski definition) is 1. The van der Waals surface area contributed by atoms with E-state index in [1.807, 2.05) is 0 Å². The molecule has 6 nitrogen and oxygen atoms in total. The molecule has 0 saturated carbocycles. The van der Waals surface area contributed by atoms with Crippen LogP contribution < -0.4 is 14.8 Å². The predicted molar refractivity (Wildman–Crippen MR) is 112 cm³/mol. The second-order valence-corrected chi connectivity index (χ2v) is 6.67. The highest BCUT2D eigenvalue weighted by molar-refractivity contribution is 6.31. The Morgan fingerprint density at radius 3 is 2.57 bits per heavy atom. The summed E-state index contributed by atoms with van der Waals surface area (Å²) in [6, 6.07) is 17.8. The molecular formula is C22H15ClFN3O3. The summed E-state index contributed by atoms with van der Waals surface area (Å²) >= 11 is 5.94. The summed E-state index contributed by atoms with van der Waals surface area (Å²) in [5.74, 6) is 0.355. The van der Waals surface area contributed by atoms with Crippen molar-refractivity contribution in [2.24, 2.45) is 0 Å². The maximum absolute atomic E-state index is 13.6. The van der Waals surface area contributed by atoms with Crippen LogP contribution in [0.3, 0.4) is 0 Å². The maximum Gasteiger partial charge on any atom is 0.262 e. The van der Waals surface area contributed by atoms with Gasteiger partial charge in [0.15, 0.2) is 6.61 Å². The van der Waals surface area contributed by atoms with Crippen molar-refractivity contribution in [3.05, 3.63) is 83.8 Å². The highest BCUT2D eigenvalue weighted by Crippen LogP contribution is 2.24. The van der Waals surface area contributed by atoms with Crippen molar-refractivity contribution in [1.82, 2.24) is 9.97 Å². The molecule has 30 heavy (non-hydrogen) atoms. The molecule has 0 aliphatic heterocycles. The smallest absolute Gasteiger partial charge is 0.262 e. The maximum atomic E-state index is 13.6. The normalized spacial score (nSPS) is 10.6. The van der Waals surface area contributed by atoms with E-state index in [0.29, 0.717) is 33.4 Å². The number of carbonyl (C=O) groups is 1. The van der Waals surface area contributed by atoms with Crippen LogP contribution in [0.1, 0.15) is 0 Å². The zero-order chi connectivity index (χ0) is 20.9. The van der Waals surface area contributed by atoms with Gasteiger partial charge in [-0.2, -0.15) is 0 Å². The number of carbonyl (C=O) groups excluding carboxylic acids is 1. The Balaban J connectivity index is 1.34. The molecular weight excluding hydrogens is 409 g/mol. The first-order valence-corrected chi connectivity index (χ1v) is 9.32. The van der Waals surface area contributed by atoms with Gasteiger partial charge in [-0.3, -0.25) is 4.79 Å². The summed E-state index contributed by atoms with van der Waals surface area (Å²) in [7, 11) is 0. The summed E-state index contributed by atoms with van der Waals surface area (Å²) in [5, 5.41) is 3.04. The lowest BCUT2D eigenvalue weighted by molar-refractivity contribution is -0.118. The van der Waals surface area contributed by atoms with Gasteiger partial charge >= 0.3 is 0 Å². The van der Waals surface area contributed by atoms with Crippen LogP contribution >= 0.6 is 11.6 Å². The molecule has 0 aliphatic rings. The number of aromatic nitrogens is 2. The fraction of sp³-hybridized carbons (Fsp3) is 0.0455. The number of amides is 1. The van der Waals surface area contributed by atoms with Gasteiger partial charge in [0, 0.05) is 5.02 Å². The number of nitrogens with zero attached hydrogens (tertiary/aromatic N) is 2. The van der Waals surface area contributed by atoms with Crippen molar-refractivity contribution < 1.29 is 18.7 Å². The zero-order valence-corrected chi connectivity index (χ0v) is 16.3. The van der Waals surface area contributed by atoms with Crippen LogP contribution in [0.2, 0.25) is 5.02 Å². The quantitative estimate of drug-likeness (QED) is 0.459. The van der Waals surface area contributed by atoms with Crippen molar-refractivity contribution in [2.75, 3.05) is 11.9 Å². The van der Waals surface area contributed by atoms with Crippen molar-refractivity contribution in [2.45, 2.75) is 0 Å². The average Bonchev–Trinajstić information content (AvgIpc) is 2.75. The number of benzene rings is 3. The number of para-hydroxylation sites is 1. The van der Waals surface area contributed by atoms with E-state index < -0.39 is 11.7 Å². The fourth-order valence-electron chi connectivity index (χ4n) is 2.64. The summed E-state index contributed by atoms with van der Waals surface area (Å²) in [6.07, 6.45) is 1.51. The van der Waals surface area contributed by atoms with Crippen molar-refractivity contribution in [3.8, 4) is 17.4 Å². The first-order valence-electron chi connectivity index (χ1n) is 8.94. The molecule has 0 atom stereocenters. The van der Waals surface area contributed by atoms with Crippen LogP contribution in [-0.2, 0) is 4.79 Å². The van der Waals surface area contributed by atoms with E-state index >= 15 is 0 Å². The van der Waals surface area contributed by atoms with Crippen molar-refractivity contribution in [3.63, 3.8) is 0 Å². The van der Waals surface area contributed by atoms with Gasteiger partial charge in [-0.25, -0.2) is 14.4 Å². The van der Waals surface area contributed by atoms with Crippen LogP contribution in [0.4, 0.5) is 10.1 Å². The van der Waals surface area contributed by atoms with E-state index in [-0.39, 0.29) is 12.3 Å². The molecule has 0 radical (unpaired) electrons. The molecule has 3 aromatic carbocycles. The second-order valence-electron chi connectivity index (χ2n) is 6.23. The molecule has 0 bridgehead atoms. The van der Waals surface area contributed by atoms with Gasteiger partial charge in [-0.05, 0) is 54.6 Å². The van der Waals surface area contributed by atoms with E-state index in [1.165, 1.54) is 18.3 Å². The first-order chi connectivity index (χ1) is 14.6. The van der Waals surface area contributed by atoms with Crippen LogP contribution in [0.5, 0.6) is 17.4 Å². The third kappa shape index (κ3) is 4.82. The van der Waals surface area contributed by atoms with Gasteiger partial charge in [0.1, 0.15) is 17.3 Å². The Bertz CT molecular complexity index is 1200. The second kappa shape index (κ2) is 8.75. The Kier molecular flexibility index (Phi) is 5.72. The van der Waals surface area contributed by atoms with Gasteiger partial charge in [-0.15, -0.1) is 0 Å². The lowest BCUT2D eigenvalue weighted by atomic mass is 10.3. The first kappa shape index (κ1) is 19.6. The number of nitrogens with one attached hydrogen (secondary N) is 1. The monoisotopic (exact) mass is 423 g/mol. The average molecular weight is 424 g/mol. The number of halogens is 2. The molecule has 1 aromatic heterocycles. The number of anilines is 1. The van der Waals surface area contributed by atoms with Gasteiger partial charge in [0.2, 0.25) is 5.88 Å². The third-order valence-electron chi connectivity index (χ3n) is 4.05. The molecule has 1 heterocycles. The van der Waals surface area contributed by atoms with E-state index in [2.05, 4.69) is 15.3 Å². The lowest BCUT2D eigenvalue weighted by Crippen LogP contribution is -2.20. The Morgan fingerprint density at radius 2 is 1.77 bits per heavy atom. The topological polar surface area (TPSA) is 73.3 Å². The van der Waals surface area contributed by atoms with E-state index in [4.69, 9.17) is 21.1 Å². The van der Waals surface area contributed by atoms with Gasteiger partial charge in [-0.1, -0.05) is 23.7 Å². The number of ether oxygens (including phenoxy) is 2. The standard InChI is InChI=1S/C22H15ClFN3O3/c23-14-5-10-19-20(11-14)25-12-22(27-19)30-16-8-6-15(7-9-16)29-13-21(28)26-18-4-2-1-3-17(18)24/h1-12H,13H2,(H,26,28). The van der Waals surface area contributed by atoms with Crippen LogP contribution in [0, 0.1) is 5.82 Å². The highest BCUT2D eigenvalue weighted by Gasteiger charge is 2.08. The molecule has 8 heteroatoms. The number of hydrogen-bond acceptors (Lipinski definition) is 5. The summed E-state index contributed by atoms with van der Waals surface area (Å²) in [4.78, 5) is 20.6. The minimum absolute atomic E-state index is 0.105. The SMILES string of the molecule is O=C(COc1ccc(Oc2cnc3cc(Cl)ccc3n2)cc1)Nc1ccccc1F. The molecule has 0 fully saturated rings. The summed E-state index contributed by atoms with van der Waals surface area (Å²) in [6.45, 7) is -0.257. The Hall–Kier alpha value is -3.71. The summed E-state index contributed by atoms with van der Waals surface area (Å²) < 4.78 is 24.7. The molecule has 0 unspecified atom stereocenters. The fourth-order valence-corrected chi connectivity index (χ4v) is 2.80. The molecule has 0 saturated heterocycles. The molecule has 4 rings (SSSR count). The van der Waals surface area contributed by atoms with E-state index in [1.54, 1.807) is 54.6 Å². The lowest BCUT2D eigenvalue weighted by Gasteiger charge is -2.09. The minimum Gasteiger partial charge on any atom is -0.484 e. The van der Waals surface area contributed by atoms with Crippen LogP contribution in [0.25, 0.3) is 11.0 Å². The molecule has 0 spiro atoms. The van der Waals surface area contributed by atoms with Gasteiger partial charge in [0.25, 0.3) is 5.91 Å². The molecule has 150 valence electrons. The molecule has 1 N–H and O–H groups in total. The number of fused-ring (bicyclic) bond motifs is 1. The summed E-state index contributed by atoms with van der Waals surface area (Å²) in [5.41, 5.74) is 1.44. The minimum atomic E-state index is -0.507. The number of rotatable bonds is 6. The Labute approximate surface area is 176 Å². The third-order valence-corrected chi connectivity index (χ3v) is 4.28. The van der Waals surface area contributed by atoms with E-state index in [0.717, 1.165) is 0 Å². The van der Waals surface area contributed by atoms with Gasteiger partial charge in [0.05, 0.1) is 22.9 Å². The van der Waals surface area contributed by atoms with E-state index in [9.17, 15) is 9.18 Å². The van der Waals surface area contributed by atoms with Gasteiger partial charge < -0.3 is 14.8 Å². The van der Waals surface area contributed by atoms with Crippen molar-refractivity contribution in [1.29, 1.82) is 0 Å². The molecule has 1 amide bonds. The van der Waals surface area contributed by atoms with Crippen LogP contribution in [-0.4, -0.2) is 22.5 Å².